The summed E-state index contributed by atoms with van der Waals surface area (Å²) < 4.78 is 16.0. The van der Waals surface area contributed by atoms with Crippen LogP contribution in [0.15, 0.2) is 18.2 Å². The van der Waals surface area contributed by atoms with E-state index in [1.165, 1.54) is 7.11 Å². The van der Waals surface area contributed by atoms with Crippen LogP contribution in [0.5, 0.6) is 11.5 Å². The van der Waals surface area contributed by atoms with Crippen LogP contribution in [0.3, 0.4) is 0 Å². The standard InChI is InChI=1S/C19H29NO5/c1-12(2)10-24-16-8-7-15(9-17(16)23-6)19(22)25-11-18(21)20-14(5)13(3)4/h7-9,12-14H,10-11H2,1-6H3,(H,20,21)/t14-/m1/s1. The van der Waals surface area contributed by atoms with Crippen molar-refractivity contribution < 1.29 is 23.8 Å². The zero-order valence-corrected chi connectivity index (χ0v) is 15.9. The molecule has 0 unspecified atom stereocenters. The average Bonchev–Trinajstić information content (AvgIpc) is 2.57. The van der Waals surface area contributed by atoms with Gasteiger partial charge in [-0.05, 0) is 37.0 Å². The van der Waals surface area contributed by atoms with Gasteiger partial charge in [-0.3, -0.25) is 4.79 Å². The fraction of sp³-hybridized carbons (Fsp3) is 0.579. The lowest BCUT2D eigenvalue weighted by molar-refractivity contribution is -0.125. The van der Waals surface area contributed by atoms with Gasteiger partial charge in [0.2, 0.25) is 0 Å². The molecule has 25 heavy (non-hydrogen) atoms. The molecular formula is C19H29NO5. The Morgan fingerprint density at radius 2 is 1.76 bits per heavy atom. The summed E-state index contributed by atoms with van der Waals surface area (Å²) in [5.41, 5.74) is 0.304. The summed E-state index contributed by atoms with van der Waals surface area (Å²) >= 11 is 0. The summed E-state index contributed by atoms with van der Waals surface area (Å²) in [5, 5.41) is 2.78. The van der Waals surface area contributed by atoms with Crippen LogP contribution in [0.2, 0.25) is 0 Å². The highest BCUT2D eigenvalue weighted by Gasteiger charge is 2.16. The Bertz CT molecular complexity index is 583. The van der Waals surface area contributed by atoms with Gasteiger partial charge in [-0.25, -0.2) is 4.79 Å². The number of amides is 1. The van der Waals surface area contributed by atoms with Gasteiger partial charge in [0.05, 0.1) is 19.3 Å². The van der Waals surface area contributed by atoms with Crippen molar-refractivity contribution in [3.63, 3.8) is 0 Å². The van der Waals surface area contributed by atoms with Gasteiger partial charge in [-0.2, -0.15) is 0 Å². The number of carbonyl (C=O) groups is 2. The molecule has 1 aromatic carbocycles. The molecule has 1 atom stereocenters. The number of methoxy groups -OCH3 is 1. The number of nitrogens with one attached hydrogen (secondary N) is 1. The van der Waals surface area contributed by atoms with Crippen LogP contribution < -0.4 is 14.8 Å². The Morgan fingerprint density at radius 1 is 1.08 bits per heavy atom. The Kier molecular flexibility index (Phi) is 8.25. The molecular weight excluding hydrogens is 322 g/mol. The van der Waals surface area contributed by atoms with E-state index < -0.39 is 5.97 Å². The zero-order chi connectivity index (χ0) is 19.0. The number of esters is 1. The first kappa shape index (κ1) is 20.8. The normalized spacial score (nSPS) is 12.0. The van der Waals surface area contributed by atoms with E-state index in [-0.39, 0.29) is 18.6 Å². The molecule has 140 valence electrons. The minimum Gasteiger partial charge on any atom is -0.493 e. The number of benzene rings is 1. The third-order valence-corrected chi connectivity index (χ3v) is 3.69. The van der Waals surface area contributed by atoms with E-state index in [0.29, 0.717) is 35.5 Å². The van der Waals surface area contributed by atoms with Crippen LogP contribution in [0.1, 0.15) is 45.0 Å². The molecule has 0 bridgehead atoms. The first-order valence-corrected chi connectivity index (χ1v) is 8.51. The van der Waals surface area contributed by atoms with Crippen molar-refractivity contribution in [1.82, 2.24) is 5.32 Å². The molecule has 1 aromatic rings. The quantitative estimate of drug-likeness (QED) is 0.692. The zero-order valence-electron chi connectivity index (χ0n) is 15.9. The van der Waals surface area contributed by atoms with Crippen molar-refractivity contribution in [2.24, 2.45) is 11.8 Å². The fourth-order valence-electron chi connectivity index (χ4n) is 1.85. The Hall–Kier alpha value is -2.24. The van der Waals surface area contributed by atoms with Crippen molar-refractivity contribution in [2.75, 3.05) is 20.3 Å². The number of hydrogen-bond acceptors (Lipinski definition) is 5. The molecule has 6 nitrogen and oxygen atoms in total. The lowest BCUT2D eigenvalue weighted by atomic mass is 10.1. The van der Waals surface area contributed by atoms with Crippen LogP contribution in [-0.2, 0) is 9.53 Å². The minimum atomic E-state index is -0.582. The number of rotatable bonds is 9. The van der Waals surface area contributed by atoms with Crippen molar-refractivity contribution in [3.05, 3.63) is 23.8 Å². The molecule has 0 spiro atoms. The summed E-state index contributed by atoms with van der Waals surface area (Å²) in [6, 6.07) is 4.82. The third-order valence-electron chi connectivity index (χ3n) is 3.69. The second-order valence-electron chi connectivity index (χ2n) is 6.75. The van der Waals surface area contributed by atoms with Crippen molar-refractivity contribution >= 4 is 11.9 Å². The summed E-state index contributed by atoms with van der Waals surface area (Å²) in [6.07, 6.45) is 0. The lowest BCUT2D eigenvalue weighted by Crippen LogP contribution is -2.38. The van der Waals surface area contributed by atoms with Gasteiger partial charge in [0.15, 0.2) is 18.1 Å². The molecule has 0 saturated heterocycles. The number of carbonyl (C=O) groups excluding carboxylic acids is 2. The fourth-order valence-corrected chi connectivity index (χ4v) is 1.85. The van der Waals surface area contributed by atoms with Crippen LogP contribution >= 0.6 is 0 Å². The highest BCUT2D eigenvalue weighted by Crippen LogP contribution is 2.28. The van der Waals surface area contributed by atoms with Crippen LogP contribution in [0.4, 0.5) is 0 Å². The van der Waals surface area contributed by atoms with Gasteiger partial charge in [0, 0.05) is 6.04 Å². The predicted molar refractivity (Wildman–Crippen MR) is 96.1 cm³/mol. The van der Waals surface area contributed by atoms with Gasteiger partial charge in [-0.15, -0.1) is 0 Å². The summed E-state index contributed by atoms with van der Waals surface area (Å²) in [6.45, 7) is 10.2. The largest absolute Gasteiger partial charge is 0.493 e. The molecule has 1 rings (SSSR count). The third kappa shape index (κ3) is 7.03. The molecule has 0 saturated carbocycles. The van der Waals surface area contributed by atoms with Gasteiger partial charge >= 0.3 is 5.97 Å². The first-order valence-electron chi connectivity index (χ1n) is 8.51. The Morgan fingerprint density at radius 3 is 2.32 bits per heavy atom. The molecule has 0 aliphatic heterocycles. The summed E-state index contributed by atoms with van der Waals surface area (Å²) in [4.78, 5) is 23.9. The van der Waals surface area contributed by atoms with E-state index >= 15 is 0 Å². The van der Waals surface area contributed by atoms with Crippen LogP contribution in [0, 0.1) is 11.8 Å². The second kappa shape index (κ2) is 9.91. The average molecular weight is 351 g/mol. The van der Waals surface area contributed by atoms with Crippen LogP contribution in [0.25, 0.3) is 0 Å². The molecule has 1 N–H and O–H groups in total. The molecule has 6 heteroatoms. The SMILES string of the molecule is COc1cc(C(=O)OCC(=O)N[C@H](C)C(C)C)ccc1OCC(C)C. The Balaban J connectivity index is 2.65. The van der Waals surface area contributed by atoms with Crippen molar-refractivity contribution in [1.29, 1.82) is 0 Å². The van der Waals surface area contributed by atoms with Gasteiger partial charge in [-0.1, -0.05) is 27.7 Å². The molecule has 0 heterocycles. The van der Waals surface area contributed by atoms with E-state index in [4.69, 9.17) is 14.2 Å². The van der Waals surface area contributed by atoms with E-state index in [2.05, 4.69) is 5.32 Å². The van der Waals surface area contributed by atoms with E-state index in [0.717, 1.165) is 0 Å². The molecule has 0 aliphatic carbocycles. The minimum absolute atomic E-state index is 0.0173. The smallest absolute Gasteiger partial charge is 0.338 e. The maximum Gasteiger partial charge on any atom is 0.338 e. The second-order valence-corrected chi connectivity index (χ2v) is 6.75. The molecule has 0 radical (unpaired) electrons. The molecule has 0 fully saturated rings. The molecule has 0 aliphatic rings. The topological polar surface area (TPSA) is 73.9 Å². The van der Waals surface area contributed by atoms with Crippen molar-refractivity contribution in [2.45, 2.75) is 40.7 Å². The van der Waals surface area contributed by atoms with E-state index in [1.54, 1.807) is 18.2 Å². The highest BCUT2D eigenvalue weighted by atomic mass is 16.5. The van der Waals surface area contributed by atoms with Crippen molar-refractivity contribution in [3.8, 4) is 11.5 Å². The maximum atomic E-state index is 12.1. The maximum absolute atomic E-state index is 12.1. The molecule has 0 aromatic heterocycles. The monoisotopic (exact) mass is 351 g/mol. The lowest BCUT2D eigenvalue weighted by Gasteiger charge is -2.17. The highest BCUT2D eigenvalue weighted by molar-refractivity contribution is 5.92. The summed E-state index contributed by atoms with van der Waals surface area (Å²) in [5.74, 6) is 0.798. The van der Waals surface area contributed by atoms with Crippen LogP contribution in [-0.4, -0.2) is 38.2 Å². The number of ether oxygens (including phenoxy) is 3. The van der Waals surface area contributed by atoms with E-state index in [1.807, 2.05) is 34.6 Å². The van der Waals surface area contributed by atoms with E-state index in [9.17, 15) is 9.59 Å². The Labute approximate surface area is 149 Å². The number of hydrogen-bond donors (Lipinski definition) is 1. The van der Waals surface area contributed by atoms with Gasteiger partial charge in [0.1, 0.15) is 0 Å². The van der Waals surface area contributed by atoms with Gasteiger partial charge in [0.25, 0.3) is 5.91 Å². The first-order chi connectivity index (χ1) is 11.7. The predicted octanol–water partition coefficient (Wildman–Crippen LogP) is 3.05. The van der Waals surface area contributed by atoms with Gasteiger partial charge < -0.3 is 19.5 Å². The summed E-state index contributed by atoms with van der Waals surface area (Å²) in [7, 11) is 1.51. The molecule has 1 amide bonds.